The zero-order valence-corrected chi connectivity index (χ0v) is 10.8. The van der Waals surface area contributed by atoms with E-state index in [2.05, 4.69) is 15.0 Å². The average molecular weight is 275 g/mol. The molecular formula is C13H13N3O4. The first kappa shape index (κ1) is 13.7. The zero-order valence-electron chi connectivity index (χ0n) is 10.8. The number of esters is 1. The van der Waals surface area contributed by atoms with E-state index in [0.29, 0.717) is 23.4 Å². The maximum absolute atomic E-state index is 11.4. The van der Waals surface area contributed by atoms with Crippen LogP contribution in [0.3, 0.4) is 0 Å². The summed E-state index contributed by atoms with van der Waals surface area (Å²) in [5, 5.41) is 16.4. The van der Waals surface area contributed by atoms with Crippen LogP contribution >= 0.6 is 0 Å². The molecule has 1 aromatic heterocycles. The van der Waals surface area contributed by atoms with Gasteiger partial charge in [-0.3, -0.25) is 4.79 Å². The molecule has 0 aliphatic rings. The van der Waals surface area contributed by atoms with E-state index in [1.807, 2.05) is 0 Å². The van der Waals surface area contributed by atoms with Crippen LogP contribution in [0.4, 0.5) is 0 Å². The summed E-state index contributed by atoms with van der Waals surface area (Å²) in [7, 11) is 1.31. The van der Waals surface area contributed by atoms with Crippen LogP contribution in [0.25, 0.3) is 5.69 Å². The second kappa shape index (κ2) is 5.96. The number of aliphatic carboxylic acids is 1. The lowest BCUT2D eigenvalue weighted by Crippen LogP contribution is -2.03. The standard InChI is InChI=1S/C13H13N3O4/c1-20-13(19)9-3-2-4-11(7-9)16-8-10(14-15-16)5-6-12(17)18/h2-4,7-8H,5-6H2,1H3,(H,17,18). The van der Waals surface area contributed by atoms with Crippen molar-refractivity contribution in [1.82, 2.24) is 15.0 Å². The molecule has 104 valence electrons. The van der Waals surface area contributed by atoms with Crippen LogP contribution in [0.5, 0.6) is 0 Å². The molecule has 0 aliphatic heterocycles. The van der Waals surface area contributed by atoms with Gasteiger partial charge in [-0.05, 0) is 18.2 Å². The van der Waals surface area contributed by atoms with Crippen LogP contribution < -0.4 is 0 Å². The molecule has 0 saturated heterocycles. The van der Waals surface area contributed by atoms with Crippen LogP contribution in [0.1, 0.15) is 22.5 Å². The van der Waals surface area contributed by atoms with E-state index in [1.54, 1.807) is 30.5 Å². The Bertz CT molecular complexity index is 636. The van der Waals surface area contributed by atoms with E-state index in [-0.39, 0.29) is 6.42 Å². The number of ether oxygens (including phenoxy) is 1. The van der Waals surface area contributed by atoms with Gasteiger partial charge in [-0.15, -0.1) is 5.10 Å². The van der Waals surface area contributed by atoms with E-state index in [4.69, 9.17) is 5.11 Å². The third-order valence-corrected chi connectivity index (χ3v) is 2.67. The minimum absolute atomic E-state index is 0.000887. The quantitative estimate of drug-likeness (QED) is 0.820. The number of carboxylic acid groups (broad SMARTS) is 1. The minimum atomic E-state index is -0.882. The normalized spacial score (nSPS) is 10.2. The predicted molar refractivity (Wildman–Crippen MR) is 68.7 cm³/mol. The molecule has 1 aromatic carbocycles. The number of carboxylic acids is 1. The number of hydrogen-bond donors (Lipinski definition) is 1. The molecule has 1 heterocycles. The van der Waals surface area contributed by atoms with Gasteiger partial charge in [0.1, 0.15) is 0 Å². The van der Waals surface area contributed by atoms with Crippen LogP contribution in [0.15, 0.2) is 30.5 Å². The highest BCUT2D eigenvalue weighted by Crippen LogP contribution is 2.11. The second-order valence-electron chi connectivity index (χ2n) is 4.09. The van der Waals surface area contributed by atoms with Crippen molar-refractivity contribution in [2.24, 2.45) is 0 Å². The average Bonchev–Trinajstić information content (AvgIpc) is 2.93. The summed E-state index contributed by atoms with van der Waals surface area (Å²) in [6, 6.07) is 6.74. The third-order valence-electron chi connectivity index (χ3n) is 2.67. The van der Waals surface area contributed by atoms with Crippen molar-refractivity contribution in [3.8, 4) is 5.69 Å². The van der Waals surface area contributed by atoms with E-state index >= 15 is 0 Å². The molecule has 20 heavy (non-hydrogen) atoms. The Morgan fingerprint density at radius 1 is 1.40 bits per heavy atom. The predicted octanol–water partition coefficient (Wildman–Crippen LogP) is 1.07. The maximum atomic E-state index is 11.4. The molecule has 0 bridgehead atoms. The van der Waals surface area contributed by atoms with Gasteiger partial charge in [-0.25, -0.2) is 9.48 Å². The smallest absolute Gasteiger partial charge is 0.337 e. The molecule has 0 amide bonds. The first-order valence-electron chi connectivity index (χ1n) is 5.92. The number of benzene rings is 1. The molecular weight excluding hydrogens is 262 g/mol. The summed E-state index contributed by atoms with van der Waals surface area (Å²) < 4.78 is 6.14. The van der Waals surface area contributed by atoms with Crippen molar-refractivity contribution in [3.05, 3.63) is 41.7 Å². The zero-order chi connectivity index (χ0) is 14.5. The van der Waals surface area contributed by atoms with Crippen molar-refractivity contribution >= 4 is 11.9 Å². The fourth-order valence-electron chi connectivity index (χ4n) is 1.67. The largest absolute Gasteiger partial charge is 0.481 e. The van der Waals surface area contributed by atoms with Crippen LogP contribution in [0, 0.1) is 0 Å². The molecule has 7 heteroatoms. The van der Waals surface area contributed by atoms with Gasteiger partial charge in [-0.2, -0.15) is 0 Å². The molecule has 7 nitrogen and oxygen atoms in total. The van der Waals surface area contributed by atoms with E-state index < -0.39 is 11.9 Å². The van der Waals surface area contributed by atoms with Gasteiger partial charge in [-0.1, -0.05) is 11.3 Å². The number of methoxy groups -OCH3 is 1. The highest BCUT2D eigenvalue weighted by Gasteiger charge is 2.09. The maximum Gasteiger partial charge on any atom is 0.337 e. The number of aryl methyl sites for hydroxylation is 1. The Morgan fingerprint density at radius 3 is 2.90 bits per heavy atom. The molecule has 0 unspecified atom stereocenters. The van der Waals surface area contributed by atoms with Gasteiger partial charge in [0, 0.05) is 6.42 Å². The second-order valence-corrected chi connectivity index (χ2v) is 4.09. The highest BCUT2D eigenvalue weighted by molar-refractivity contribution is 5.89. The Morgan fingerprint density at radius 2 is 2.20 bits per heavy atom. The van der Waals surface area contributed by atoms with Gasteiger partial charge in [0.05, 0.1) is 36.7 Å². The number of nitrogens with zero attached hydrogens (tertiary/aromatic N) is 3. The minimum Gasteiger partial charge on any atom is -0.481 e. The summed E-state index contributed by atoms with van der Waals surface area (Å²) in [6.45, 7) is 0. The molecule has 2 rings (SSSR count). The van der Waals surface area contributed by atoms with Gasteiger partial charge in [0.25, 0.3) is 0 Å². The molecule has 1 N–H and O–H groups in total. The topological polar surface area (TPSA) is 94.3 Å². The summed E-state index contributed by atoms with van der Waals surface area (Å²) in [6.07, 6.45) is 1.95. The number of carbonyl (C=O) groups is 2. The molecule has 0 saturated carbocycles. The fraction of sp³-hybridized carbons (Fsp3) is 0.231. The molecule has 0 radical (unpaired) electrons. The van der Waals surface area contributed by atoms with Gasteiger partial charge in [0.15, 0.2) is 0 Å². The van der Waals surface area contributed by atoms with Crippen molar-refractivity contribution in [3.63, 3.8) is 0 Å². The van der Waals surface area contributed by atoms with Gasteiger partial charge < -0.3 is 9.84 Å². The lowest BCUT2D eigenvalue weighted by atomic mass is 10.2. The molecule has 0 atom stereocenters. The number of aromatic nitrogens is 3. The first-order chi connectivity index (χ1) is 9.60. The molecule has 0 aliphatic carbocycles. The number of rotatable bonds is 5. The van der Waals surface area contributed by atoms with Crippen LogP contribution in [0.2, 0.25) is 0 Å². The Kier molecular flexibility index (Phi) is 4.09. The first-order valence-corrected chi connectivity index (χ1v) is 5.92. The number of carbonyl (C=O) groups excluding carboxylic acids is 1. The van der Waals surface area contributed by atoms with Crippen molar-refractivity contribution < 1.29 is 19.4 Å². The lowest BCUT2D eigenvalue weighted by molar-refractivity contribution is -0.136. The Hall–Kier alpha value is -2.70. The van der Waals surface area contributed by atoms with Gasteiger partial charge >= 0.3 is 11.9 Å². The number of hydrogen-bond acceptors (Lipinski definition) is 5. The fourth-order valence-corrected chi connectivity index (χ4v) is 1.67. The van der Waals surface area contributed by atoms with Crippen LogP contribution in [-0.2, 0) is 16.0 Å². The van der Waals surface area contributed by atoms with E-state index in [9.17, 15) is 9.59 Å². The van der Waals surface area contributed by atoms with Crippen molar-refractivity contribution in [2.75, 3.05) is 7.11 Å². The monoisotopic (exact) mass is 275 g/mol. The SMILES string of the molecule is COC(=O)c1cccc(-n2cc(CCC(=O)O)nn2)c1. The third kappa shape index (κ3) is 3.19. The lowest BCUT2D eigenvalue weighted by Gasteiger charge is -2.02. The highest BCUT2D eigenvalue weighted by atomic mass is 16.5. The molecule has 0 fully saturated rings. The summed E-state index contributed by atoms with van der Waals surface area (Å²) in [5.41, 5.74) is 1.64. The Labute approximate surface area is 114 Å². The van der Waals surface area contributed by atoms with E-state index in [1.165, 1.54) is 11.8 Å². The van der Waals surface area contributed by atoms with Crippen LogP contribution in [-0.4, -0.2) is 39.1 Å². The summed E-state index contributed by atoms with van der Waals surface area (Å²) in [4.78, 5) is 21.9. The van der Waals surface area contributed by atoms with Crippen molar-refractivity contribution in [1.29, 1.82) is 0 Å². The molecule has 2 aromatic rings. The van der Waals surface area contributed by atoms with Gasteiger partial charge in [0.2, 0.25) is 0 Å². The molecule has 0 spiro atoms. The van der Waals surface area contributed by atoms with E-state index in [0.717, 1.165) is 0 Å². The Balaban J connectivity index is 2.19. The summed E-state index contributed by atoms with van der Waals surface area (Å²) >= 11 is 0. The summed E-state index contributed by atoms with van der Waals surface area (Å²) in [5.74, 6) is -1.31. The van der Waals surface area contributed by atoms with Crippen molar-refractivity contribution in [2.45, 2.75) is 12.8 Å².